The summed E-state index contributed by atoms with van der Waals surface area (Å²) in [5.74, 6) is -0.969. The van der Waals surface area contributed by atoms with Gasteiger partial charge in [0, 0.05) is 19.3 Å². The molecule has 1 atom stereocenters. The van der Waals surface area contributed by atoms with Crippen molar-refractivity contribution in [3.05, 3.63) is 83.9 Å². The molecular weight excluding hydrogens is 371 g/mol. The molecule has 1 aliphatic heterocycles. The van der Waals surface area contributed by atoms with Crippen LogP contribution >= 0.6 is 0 Å². The van der Waals surface area contributed by atoms with Crippen LogP contribution in [0.15, 0.2) is 66.9 Å². The first-order valence-corrected chi connectivity index (χ1v) is 9.56. The van der Waals surface area contributed by atoms with Gasteiger partial charge in [-0.15, -0.1) is 0 Å². The number of para-hydroxylation sites is 1. The van der Waals surface area contributed by atoms with E-state index in [2.05, 4.69) is 10.4 Å². The van der Waals surface area contributed by atoms with Crippen molar-refractivity contribution in [2.24, 2.45) is 0 Å². The van der Waals surface area contributed by atoms with Gasteiger partial charge < -0.3 is 10.2 Å². The molecule has 6 nitrogen and oxygen atoms in total. The predicted molar refractivity (Wildman–Crippen MR) is 106 cm³/mol. The number of nitrogens with zero attached hydrogens (tertiary/aromatic N) is 3. The highest BCUT2D eigenvalue weighted by atomic mass is 19.1. The molecule has 29 heavy (non-hydrogen) atoms. The summed E-state index contributed by atoms with van der Waals surface area (Å²) >= 11 is 0. The van der Waals surface area contributed by atoms with Crippen LogP contribution in [0.5, 0.6) is 0 Å². The summed E-state index contributed by atoms with van der Waals surface area (Å²) < 4.78 is 15.2. The average molecular weight is 392 g/mol. The first kappa shape index (κ1) is 18.9. The standard InChI is InChI=1S/C22H21FN4O2/c23-17-9-4-5-11-20(17)27-14-12-18(25-27)21(28)24-19-10-6-13-26(22(19)29)15-16-7-2-1-3-8-16/h1-5,7-9,11-12,14,19H,6,10,13,15H2,(H,24,28). The van der Waals surface area contributed by atoms with E-state index in [4.69, 9.17) is 0 Å². The van der Waals surface area contributed by atoms with E-state index in [0.717, 1.165) is 12.0 Å². The van der Waals surface area contributed by atoms with Gasteiger partial charge in [-0.25, -0.2) is 9.07 Å². The van der Waals surface area contributed by atoms with Gasteiger partial charge in [0.2, 0.25) is 5.91 Å². The topological polar surface area (TPSA) is 67.2 Å². The van der Waals surface area contributed by atoms with E-state index < -0.39 is 17.8 Å². The zero-order valence-corrected chi connectivity index (χ0v) is 15.8. The molecule has 2 heterocycles. The van der Waals surface area contributed by atoms with Crippen molar-refractivity contribution in [3.63, 3.8) is 0 Å². The van der Waals surface area contributed by atoms with E-state index in [0.29, 0.717) is 19.5 Å². The summed E-state index contributed by atoms with van der Waals surface area (Å²) in [5.41, 5.74) is 1.45. The second-order valence-electron chi connectivity index (χ2n) is 7.01. The predicted octanol–water partition coefficient (Wildman–Crippen LogP) is 2.93. The van der Waals surface area contributed by atoms with Gasteiger partial charge in [-0.2, -0.15) is 5.10 Å². The second kappa shape index (κ2) is 8.26. The molecule has 1 aliphatic rings. The van der Waals surface area contributed by atoms with E-state index in [1.807, 2.05) is 30.3 Å². The summed E-state index contributed by atoms with van der Waals surface area (Å²) in [4.78, 5) is 27.2. The van der Waals surface area contributed by atoms with Crippen molar-refractivity contribution in [2.45, 2.75) is 25.4 Å². The number of likely N-dealkylation sites (tertiary alicyclic amines) is 1. The van der Waals surface area contributed by atoms with Crippen LogP contribution in [-0.2, 0) is 11.3 Å². The molecule has 1 unspecified atom stereocenters. The summed E-state index contributed by atoms with van der Waals surface area (Å²) in [6.45, 7) is 1.19. The molecule has 1 fully saturated rings. The van der Waals surface area contributed by atoms with Crippen LogP contribution in [0.4, 0.5) is 4.39 Å². The van der Waals surface area contributed by atoms with Gasteiger partial charge >= 0.3 is 0 Å². The maximum absolute atomic E-state index is 13.9. The van der Waals surface area contributed by atoms with Gasteiger partial charge in [0.05, 0.1) is 0 Å². The molecular formula is C22H21FN4O2. The minimum Gasteiger partial charge on any atom is -0.339 e. The van der Waals surface area contributed by atoms with Crippen LogP contribution in [0.2, 0.25) is 0 Å². The average Bonchev–Trinajstić information content (AvgIpc) is 3.22. The van der Waals surface area contributed by atoms with Crippen LogP contribution in [-0.4, -0.2) is 39.1 Å². The van der Waals surface area contributed by atoms with Gasteiger partial charge in [0.25, 0.3) is 5.91 Å². The number of aromatic nitrogens is 2. The fourth-order valence-electron chi connectivity index (χ4n) is 3.48. The number of hydrogen-bond donors (Lipinski definition) is 1. The molecule has 7 heteroatoms. The van der Waals surface area contributed by atoms with Crippen molar-refractivity contribution in [3.8, 4) is 5.69 Å². The normalized spacial score (nSPS) is 16.7. The van der Waals surface area contributed by atoms with Crippen LogP contribution in [0, 0.1) is 5.82 Å². The van der Waals surface area contributed by atoms with E-state index in [9.17, 15) is 14.0 Å². The molecule has 0 spiro atoms. The molecule has 2 aromatic carbocycles. The molecule has 3 aromatic rings. The summed E-state index contributed by atoms with van der Waals surface area (Å²) in [6.07, 6.45) is 2.93. The third kappa shape index (κ3) is 4.18. The van der Waals surface area contributed by atoms with Crippen molar-refractivity contribution in [1.82, 2.24) is 20.0 Å². The van der Waals surface area contributed by atoms with Gasteiger partial charge in [-0.3, -0.25) is 9.59 Å². The lowest BCUT2D eigenvalue weighted by Gasteiger charge is -2.32. The molecule has 2 amide bonds. The van der Waals surface area contributed by atoms with Gasteiger partial charge in [0.15, 0.2) is 5.69 Å². The van der Waals surface area contributed by atoms with Crippen molar-refractivity contribution >= 4 is 11.8 Å². The molecule has 1 N–H and O–H groups in total. The third-order valence-corrected chi connectivity index (χ3v) is 4.97. The Bertz CT molecular complexity index is 1020. The quantitative estimate of drug-likeness (QED) is 0.726. The number of carbonyl (C=O) groups excluding carboxylic acids is 2. The first-order chi connectivity index (χ1) is 14.1. The van der Waals surface area contributed by atoms with Gasteiger partial charge in [-0.05, 0) is 36.6 Å². The highest BCUT2D eigenvalue weighted by Gasteiger charge is 2.30. The summed E-state index contributed by atoms with van der Waals surface area (Å²) in [7, 11) is 0. The minimum atomic E-state index is -0.585. The Morgan fingerprint density at radius 1 is 1.10 bits per heavy atom. The lowest BCUT2D eigenvalue weighted by Crippen LogP contribution is -2.51. The molecule has 1 aromatic heterocycles. The van der Waals surface area contributed by atoms with E-state index in [-0.39, 0.29) is 17.3 Å². The highest BCUT2D eigenvalue weighted by Crippen LogP contribution is 2.16. The summed E-state index contributed by atoms with van der Waals surface area (Å²) in [5, 5.41) is 6.94. The molecule has 0 saturated carbocycles. The highest BCUT2D eigenvalue weighted by molar-refractivity contribution is 5.96. The zero-order chi connectivity index (χ0) is 20.2. The molecule has 0 bridgehead atoms. The van der Waals surface area contributed by atoms with Crippen molar-refractivity contribution in [2.75, 3.05) is 6.54 Å². The lowest BCUT2D eigenvalue weighted by molar-refractivity contribution is -0.136. The van der Waals surface area contributed by atoms with E-state index in [1.54, 1.807) is 23.1 Å². The Morgan fingerprint density at radius 2 is 1.86 bits per heavy atom. The van der Waals surface area contributed by atoms with Crippen LogP contribution in [0.3, 0.4) is 0 Å². The molecule has 0 aliphatic carbocycles. The Morgan fingerprint density at radius 3 is 2.66 bits per heavy atom. The lowest BCUT2D eigenvalue weighted by atomic mass is 10.0. The van der Waals surface area contributed by atoms with Crippen LogP contribution in [0.25, 0.3) is 5.69 Å². The van der Waals surface area contributed by atoms with Crippen LogP contribution in [0.1, 0.15) is 28.9 Å². The van der Waals surface area contributed by atoms with Gasteiger partial charge in [-0.1, -0.05) is 42.5 Å². The zero-order valence-electron chi connectivity index (χ0n) is 15.8. The monoisotopic (exact) mass is 392 g/mol. The fraction of sp³-hybridized carbons (Fsp3) is 0.227. The largest absolute Gasteiger partial charge is 0.339 e. The number of benzene rings is 2. The Kier molecular flexibility index (Phi) is 5.37. The SMILES string of the molecule is O=C(NC1CCCN(Cc2ccccc2)C1=O)c1ccn(-c2ccccc2F)n1. The van der Waals surface area contributed by atoms with Gasteiger partial charge in [0.1, 0.15) is 17.5 Å². The molecule has 148 valence electrons. The maximum Gasteiger partial charge on any atom is 0.272 e. The number of piperidine rings is 1. The third-order valence-electron chi connectivity index (χ3n) is 4.97. The Hall–Kier alpha value is -3.48. The van der Waals surface area contributed by atoms with E-state index in [1.165, 1.54) is 23.0 Å². The second-order valence-corrected chi connectivity index (χ2v) is 7.01. The molecule has 1 saturated heterocycles. The molecule has 0 radical (unpaired) electrons. The number of hydrogen-bond acceptors (Lipinski definition) is 3. The van der Waals surface area contributed by atoms with Crippen LogP contribution < -0.4 is 5.32 Å². The smallest absolute Gasteiger partial charge is 0.272 e. The van der Waals surface area contributed by atoms with E-state index >= 15 is 0 Å². The number of carbonyl (C=O) groups is 2. The Balaban J connectivity index is 1.43. The maximum atomic E-state index is 13.9. The number of halogens is 1. The number of nitrogens with one attached hydrogen (secondary N) is 1. The number of rotatable bonds is 5. The fourth-order valence-corrected chi connectivity index (χ4v) is 3.48. The number of amides is 2. The van der Waals surface area contributed by atoms with Crippen molar-refractivity contribution in [1.29, 1.82) is 0 Å². The molecule has 4 rings (SSSR count). The minimum absolute atomic E-state index is 0.0954. The first-order valence-electron chi connectivity index (χ1n) is 9.56. The van der Waals surface area contributed by atoms with Crippen molar-refractivity contribution < 1.29 is 14.0 Å². The Labute approximate surface area is 167 Å². The summed E-state index contributed by atoms with van der Waals surface area (Å²) in [6, 6.07) is 16.9.